The van der Waals surface area contributed by atoms with Gasteiger partial charge in [-0.1, -0.05) is 0 Å². The Kier molecular flexibility index (Phi) is 3.90. The van der Waals surface area contributed by atoms with Gasteiger partial charge in [0, 0.05) is 71.3 Å². The minimum Gasteiger partial charge on any atom is -0.344 e. The first-order chi connectivity index (χ1) is 11.2. The molecule has 0 spiro atoms. The van der Waals surface area contributed by atoms with Crippen molar-refractivity contribution in [3.8, 4) is 0 Å². The number of carbonyl (C=O) groups excluding carboxylic acids is 1. The van der Waals surface area contributed by atoms with E-state index in [-0.39, 0.29) is 6.04 Å². The van der Waals surface area contributed by atoms with Crippen molar-refractivity contribution in [2.75, 3.05) is 57.8 Å². The van der Waals surface area contributed by atoms with Crippen LogP contribution in [-0.4, -0.2) is 95.5 Å². The van der Waals surface area contributed by atoms with E-state index >= 15 is 0 Å². The van der Waals surface area contributed by atoms with Crippen molar-refractivity contribution >= 4 is 11.9 Å². The van der Waals surface area contributed by atoms with Crippen LogP contribution in [0.25, 0.3) is 0 Å². The van der Waals surface area contributed by atoms with Gasteiger partial charge in [0.2, 0.25) is 11.9 Å². The summed E-state index contributed by atoms with van der Waals surface area (Å²) >= 11 is 0. The summed E-state index contributed by atoms with van der Waals surface area (Å²) in [6.07, 6.45) is 4.59. The van der Waals surface area contributed by atoms with Crippen LogP contribution in [0.5, 0.6) is 0 Å². The number of hydrogen-bond donors (Lipinski definition) is 0. The molecule has 1 amide bonds. The Morgan fingerprint density at radius 2 is 1.70 bits per heavy atom. The molecule has 0 aromatic carbocycles. The molecule has 3 saturated heterocycles. The molecule has 1 unspecified atom stereocenters. The van der Waals surface area contributed by atoms with Crippen LogP contribution in [0.15, 0.2) is 18.5 Å². The summed E-state index contributed by atoms with van der Waals surface area (Å²) in [6.45, 7) is 7.03. The van der Waals surface area contributed by atoms with Crippen molar-refractivity contribution in [1.82, 2.24) is 24.7 Å². The van der Waals surface area contributed by atoms with Crippen molar-refractivity contribution < 1.29 is 4.79 Å². The van der Waals surface area contributed by atoms with Crippen LogP contribution >= 0.6 is 0 Å². The van der Waals surface area contributed by atoms with Crippen LogP contribution < -0.4 is 4.90 Å². The number of likely N-dealkylation sites (N-methyl/N-ethyl adjacent to an activating group) is 1. The van der Waals surface area contributed by atoms with E-state index in [1.807, 2.05) is 18.0 Å². The van der Waals surface area contributed by atoms with E-state index in [2.05, 4.69) is 24.7 Å². The molecular formula is C16H24N6O. The zero-order chi connectivity index (χ0) is 15.8. The Balaban J connectivity index is 1.26. The third-order valence-corrected chi connectivity index (χ3v) is 5.40. The van der Waals surface area contributed by atoms with Gasteiger partial charge in [0.05, 0.1) is 6.04 Å². The van der Waals surface area contributed by atoms with Gasteiger partial charge in [0.1, 0.15) is 0 Å². The van der Waals surface area contributed by atoms with Gasteiger partial charge in [-0.2, -0.15) is 0 Å². The van der Waals surface area contributed by atoms with Gasteiger partial charge in [-0.25, -0.2) is 9.97 Å². The maximum Gasteiger partial charge on any atom is 0.239 e. The summed E-state index contributed by atoms with van der Waals surface area (Å²) < 4.78 is 0. The molecule has 0 radical (unpaired) electrons. The fraction of sp³-hybridized carbons (Fsp3) is 0.688. The van der Waals surface area contributed by atoms with Crippen LogP contribution in [-0.2, 0) is 4.79 Å². The van der Waals surface area contributed by atoms with Crippen LogP contribution in [0.2, 0.25) is 0 Å². The van der Waals surface area contributed by atoms with Gasteiger partial charge in [0.25, 0.3) is 0 Å². The average molecular weight is 316 g/mol. The number of piperazine rings is 1. The maximum absolute atomic E-state index is 12.1. The van der Waals surface area contributed by atoms with E-state index in [9.17, 15) is 4.79 Å². The van der Waals surface area contributed by atoms with E-state index in [0.717, 1.165) is 58.2 Å². The molecule has 3 aliphatic rings. The number of hydrogen-bond acceptors (Lipinski definition) is 6. The second kappa shape index (κ2) is 6.05. The molecule has 0 N–H and O–H groups in total. The maximum atomic E-state index is 12.1. The molecule has 1 aromatic heterocycles. The van der Waals surface area contributed by atoms with E-state index < -0.39 is 0 Å². The zero-order valence-corrected chi connectivity index (χ0v) is 13.6. The fourth-order valence-electron chi connectivity index (χ4n) is 3.86. The average Bonchev–Trinajstić information content (AvgIpc) is 2.88. The number of carbonyl (C=O) groups is 1. The fourth-order valence-corrected chi connectivity index (χ4v) is 3.86. The minimum absolute atomic E-state index is 0.134. The predicted molar refractivity (Wildman–Crippen MR) is 87.2 cm³/mol. The van der Waals surface area contributed by atoms with E-state index in [1.165, 1.54) is 0 Å². The first-order valence-corrected chi connectivity index (χ1v) is 8.47. The van der Waals surface area contributed by atoms with Crippen LogP contribution in [0.1, 0.15) is 6.42 Å². The normalized spacial score (nSPS) is 27.5. The second-order valence-corrected chi connectivity index (χ2v) is 6.74. The van der Waals surface area contributed by atoms with Crippen molar-refractivity contribution in [2.24, 2.45) is 0 Å². The van der Waals surface area contributed by atoms with Gasteiger partial charge < -0.3 is 9.80 Å². The smallest absolute Gasteiger partial charge is 0.239 e. The predicted octanol–water partition coefficient (Wildman–Crippen LogP) is -0.486. The SMILES string of the molecule is CN1CCC(N2CC(N3CCN(c4ncccn4)CC3)C2)C1=O. The van der Waals surface area contributed by atoms with Crippen molar-refractivity contribution in [3.05, 3.63) is 18.5 Å². The molecule has 3 fully saturated rings. The molecule has 7 nitrogen and oxygen atoms in total. The van der Waals surface area contributed by atoms with E-state index in [4.69, 9.17) is 0 Å². The lowest BCUT2D eigenvalue weighted by Gasteiger charge is -2.49. The van der Waals surface area contributed by atoms with E-state index in [0.29, 0.717) is 11.9 Å². The molecular weight excluding hydrogens is 292 g/mol. The van der Waals surface area contributed by atoms with E-state index in [1.54, 1.807) is 12.4 Å². The summed E-state index contributed by atoms with van der Waals surface area (Å²) in [4.78, 5) is 29.8. The third kappa shape index (κ3) is 2.79. The molecule has 0 saturated carbocycles. The first kappa shape index (κ1) is 14.8. The molecule has 0 aliphatic carbocycles. The number of likely N-dealkylation sites (tertiary alicyclic amines) is 2. The largest absolute Gasteiger partial charge is 0.344 e. The van der Waals surface area contributed by atoms with Gasteiger partial charge in [-0.15, -0.1) is 0 Å². The lowest BCUT2D eigenvalue weighted by molar-refractivity contribution is -0.133. The Hall–Kier alpha value is -1.73. The van der Waals surface area contributed by atoms with Gasteiger partial charge >= 0.3 is 0 Å². The highest BCUT2D eigenvalue weighted by atomic mass is 16.2. The summed E-state index contributed by atoms with van der Waals surface area (Å²) in [7, 11) is 1.91. The molecule has 124 valence electrons. The van der Waals surface area contributed by atoms with Crippen LogP contribution in [0.3, 0.4) is 0 Å². The molecule has 4 rings (SSSR count). The number of nitrogens with zero attached hydrogens (tertiary/aromatic N) is 6. The Morgan fingerprint density at radius 1 is 1.00 bits per heavy atom. The highest BCUT2D eigenvalue weighted by molar-refractivity contribution is 5.83. The molecule has 0 bridgehead atoms. The molecule has 7 heteroatoms. The molecule has 23 heavy (non-hydrogen) atoms. The Labute approximate surface area is 136 Å². The zero-order valence-electron chi connectivity index (χ0n) is 13.6. The minimum atomic E-state index is 0.134. The molecule has 1 aromatic rings. The summed E-state index contributed by atoms with van der Waals surface area (Å²) in [5.74, 6) is 1.14. The van der Waals surface area contributed by atoms with Gasteiger partial charge in [-0.3, -0.25) is 14.6 Å². The van der Waals surface area contributed by atoms with Gasteiger partial charge in [0.15, 0.2) is 0 Å². The Morgan fingerprint density at radius 3 is 2.30 bits per heavy atom. The van der Waals surface area contributed by atoms with Crippen LogP contribution in [0.4, 0.5) is 5.95 Å². The lowest BCUT2D eigenvalue weighted by Crippen LogP contribution is -2.66. The molecule has 3 aliphatic heterocycles. The summed E-state index contributed by atoms with van der Waals surface area (Å²) in [5.41, 5.74) is 0. The summed E-state index contributed by atoms with van der Waals surface area (Å²) in [6, 6.07) is 2.59. The first-order valence-electron chi connectivity index (χ1n) is 8.47. The van der Waals surface area contributed by atoms with Crippen molar-refractivity contribution in [2.45, 2.75) is 18.5 Å². The van der Waals surface area contributed by atoms with Crippen molar-refractivity contribution in [3.63, 3.8) is 0 Å². The highest BCUT2D eigenvalue weighted by Gasteiger charge is 2.42. The Bertz CT molecular complexity index is 553. The number of rotatable bonds is 3. The van der Waals surface area contributed by atoms with Crippen molar-refractivity contribution in [1.29, 1.82) is 0 Å². The molecule has 1 atom stereocenters. The topological polar surface area (TPSA) is 55.8 Å². The van der Waals surface area contributed by atoms with Gasteiger partial charge in [-0.05, 0) is 12.5 Å². The standard InChI is InChI=1S/C16H24N6O/c1-19-6-3-14(15(19)23)22-11-13(12-22)20-7-9-21(10-8-20)16-17-4-2-5-18-16/h2,4-5,13-14H,3,6-12H2,1H3. The monoisotopic (exact) mass is 316 g/mol. The number of amides is 1. The third-order valence-electron chi connectivity index (χ3n) is 5.40. The lowest BCUT2D eigenvalue weighted by atomic mass is 10.0. The quantitative estimate of drug-likeness (QED) is 0.750. The van der Waals surface area contributed by atoms with Crippen LogP contribution in [0, 0.1) is 0 Å². The summed E-state index contributed by atoms with van der Waals surface area (Å²) in [5, 5.41) is 0. The molecule has 4 heterocycles. The number of anilines is 1. The second-order valence-electron chi connectivity index (χ2n) is 6.74. The number of aromatic nitrogens is 2. The highest BCUT2D eigenvalue weighted by Crippen LogP contribution is 2.25.